The van der Waals surface area contributed by atoms with Gasteiger partial charge in [-0.1, -0.05) is 17.7 Å². The summed E-state index contributed by atoms with van der Waals surface area (Å²) in [7, 11) is 0. The van der Waals surface area contributed by atoms with Gasteiger partial charge in [0.15, 0.2) is 0 Å². The number of fused-ring (bicyclic) bond motifs is 1. The fourth-order valence-corrected chi connectivity index (χ4v) is 1.68. The molecular weight excluding hydrogens is 213 g/mol. The first kappa shape index (κ1) is 8.53. The van der Waals surface area contributed by atoms with Crippen LogP contribution >= 0.6 is 23.4 Å². The van der Waals surface area contributed by atoms with E-state index in [0.29, 0.717) is 5.69 Å². The Morgan fingerprint density at radius 2 is 1.92 bits per heavy atom. The van der Waals surface area contributed by atoms with Crippen LogP contribution in [0.25, 0.3) is 0 Å². The van der Waals surface area contributed by atoms with Crippen molar-refractivity contribution >= 4 is 40.8 Å². The molecular formula is C8H3Cl2NO2. The predicted molar refractivity (Wildman–Crippen MR) is 49.1 cm³/mol. The van der Waals surface area contributed by atoms with Gasteiger partial charge in [0, 0.05) is 11.8 Å². The van der Waals surface area contributed by atoms with Gasteiger partial charge >= 0.3 is 5.91 Å². The first-order valence-electron chi connectivity index (χ1n) is 3.46. The smallest absolute Gasteiger partial charge is 0.283 e. The van der Waals surface area contributed by atoms with Gasteiger partial charge in [-0.05, 0) is 12.1 Å². The van der Waals surface area contributed by atoms with E-state index >= 15 is 0 Å². The van der Waals surface area contributed by atoms with Crippen LogP contribution in [0.5, 0.6) is 0 Å². The van der Waals surface area contributed by atoms with Crippen LogP contribution in [0.2, 0.25) is 5.02 Å². The Morgan fingerprint density at radius 1 is 1.23 bits per heavy atom. The third-order valence-corrected chi connectivity index (χ3v) is 2.45. The quantitative estimate of drug-likeness (QED) is 0.491. The molecule has 0 unspecified atom stereocenters. The monoisotopic (exact) mass is 215 g/mol. The highest BCUT2D eigenvalue weighted by Crippen LogP contribution is 2.34. The highest BCUT2D eigenvalue weighted by Gasteiger charge is 2.36. The Kier molecular flexibility index (Phi) is 1.78. The molecule has 0 spiro atoms. The molecule has 1 aliphatic rings. The van der Waals surface area contributed by atoms with Crippen molar-refractivity contribution in [3.8, 4) is 0 Å². The van der Waals surface area contributed by atoms with Gasteiger partial charge in [-0.2, -0.15) is 0 Å². The zero-order chi connectivity index (χ0) is 9.59. The molecule has 0 N–H and O–H groups in total. The first-order chi connectivity index (χ1) is 6.13. The lowest BCUT2D eigenvalue weighted by atomic mass is 10.1. The summed E-state index contributed by atoms with van der Waals surface area (Å²) in [6, 6.07) is 4.74. The summed E-state index contributed by atoms with van der Waals surface area (Å²) in [5, 5.41) is 0.249. The molecule has 0 aromatic heterocycles. The number of carbonyl (C=O) groups excluding carboxylic acids is 2. The number of benzene rings is 1. The number of hydrogen-bond acceptors (Lipinski definition) is 2. The van der Waals surface area contributed by atoms with Gasteiger partial charge in [0.1, 0.15) is 0 Å². The molecule has 66 valence electrons. The van der Waals surface area contributed by atoms with E-state index in [1.807, 2.05) is 0 Å². The van der Waals surface area contributed by atoms with Crippen LogP contribution in [0.3, 0.4) is 0 Å². The number of amides is 1. The number of rotatable bonds is 0. The van der Waals surface area contributed by atoms with Gasteiger partial charge in [-0.25, -0.2) is 4.42 Å². The van der Waals surface area contributed by atoms with E-state index in [2.05, 4.69) is 0 Å². The lowest BCUT2D eigenvalue weighted by Gasteiger charge is -2.03. The Labute approximate surface area is 84.0 Å². The molecule has 1 amide bonds. The SMILES string of the molecule is O=C1C(=O)N(Cl)c2cccc(Cl)c21. The molecule has 0 radical (unpaired) electrons. The van der Waals surface area contributed by atoms with Crippen LogP contribution < -0.4 is 4.42 Å². The Hall–Kier alpha value is -1.06. The van der Waals surface area contributed by atoms with Gasteiger partial charge in [0.2, 0.25) is 0 Å². The number of nitrogens with zero attached hydrogens (tertiary/aromatic N) is 1. The molecule has 3 nitrogen and oxygen atoms in total. The van der Waals surface area contributed by atoms with Crippen LogP contribution in [-0.4, -0.2) is 11.7 Å². The van der Waals surface area contributed by atoms with E-state index in [-0.39, 0.29) is 10.6 Å². The molecule has 1 aromatic carbocycles. The van der Waals surface area contributed by atoms with Crippen LogP contribution in [0.4, 0.5) is 5.69 Å². The first-order valence-corrected chi connectivity index (χ1v) is 4.17. The Balaban J connectivity index is 2.73. The lowest BCUT2D eigenvalue weighted by Crippen LogP contribution is -2.19. The summed E-state index contributed by atoms with van der Waals surface area (Å²) >= 11 is 11.3. The number of carbonyl (C=O) groups is 2. The maximum Gasteiger partial charge on any atom is 0.314 e. The van der Waals surface area contributed by atoms with Crippen LogP contribution in [0.1, 0.15) is 10.4 Å². The Bertz CT molecular complexity index is 417. The van der Waals surface area contributed by atoms with Crippen molar-refractivity contribution in [3.63, 3.8) is 0 Å². The molecule has 2 rings (SSSR count). The summed E-state index contributed by atoms with van der Waals surface area (Å²) in [5.74, 6) is -1.42. The molecule has 1 aromatic rings. The number of Topliss-reactive ketones (excluding diaryl/α,β-unsaturated/α-hetero) is 1. The van der Waals surface area contributed by atoms with E-state index in [9.17, 15) is 9.59 Å². The normalized spacial score (nSPS) is 15.1. The molecule has 0 atom stereocenters. The van der Waals surface area contributed by atoms with Crippen LogP contribution in [0, 0.1) is 0 Å². The molecule has 13 heavy (non-hydrogen) atoms. The zero-order valence-electron chi connectivity index (χ0n) is 6.25. The van der Waals surface area contributed by atoms with Gasteiger partial charge in [0.05, 0.1) is 16.3 Å². The highest BCUT2D eigenvalue weighted by atomic mass is 35.5. The van der Waals surface area contributed by atoms with Crippen molar-refractivity contribution in [2.24, 2.45) is 0 Å². The predicted octanol–water partition coefficient (Wildman–Crippen LogP) is 2.02. The lowest BCUT2D eigenvalue weighted by molar-refractivity contribution is -0.113. The fourth-order valence-electron chi connectivity index (χ4n) is 1.21. The van der Waals surface area contributed by atoms with E-state index < -0.39 is 11.7 Å². The summed E-state index contributed by atoms with van der Waals surface area (Å²) < 4.78 is 0.781. The second kappa shape index (κ2) is 2.72. The van der Waals surface area contributed by atoms with E-state index in [0.717, 1.165) is 4.42 Å². The van der Waals surface area contributed by atoms with Crippen molar-refractivity contribution in [1.29, 1.82) is 0 Å². The average molecular weight is 216 g/mol. The number of hydrogen-bond donors (Lipinski definition) is 0. The second-order valence-electron chi connectivity index (χ2n) is 2.55. The molecule has 0 bridgehead atoms. The van der Waals surface area contributed by atoms with E-state index in [1.165, 1.54) is 0 Å². The van der Waals surface area contributed by atoms with Crippen molar-refractivity contribution in [1.82, 2.24) is 0 Å². The van der Waals surface area contributed by atoms with Crippen molar-refractivity contribution in [3.05, 3.63) is 28.8 Å². The van der Waals surface area contributed by atoms with Crippen LogP contribution in [0.15, 0.2) is 18.2 Å². The summed E-state index contributed by atoms with van der Waals surface area (Å²) in [6.07, 6.45) is 0. The zero-order valence-corrected chi connectivity index (χ0v) is 7.76. The standard InChI is InChI=1S/C8H3Cl2NO2/c9-4-2-1-3-5-6(4)7(12)8(13)11(5)10/h1-3H. The molecule has 0 saturated carbocycles. The molecule has 0 fully saturated rings. The van der Waals surface area contributed by atoms with Crippen molar-refractivity contribution in [2.75, 3.05) is 4.42 Å². The number of ketones is 1. The maximum atomic E-state index is 11.3. The minimum atomic E-state index is -0.759. The third-order valence-electron chi connectivity index (χ3n) is 1.80. The fraction of sp³-hybridized carbons (Fsp3) is 0. The van der Waals surface area contributed by atoms with E-state index in [4.69, 9.17) is 23.4 Å². The molecule has 0 saturated heterocycles. The number of halogens is 2. The molecule has 1 heterocycles. The molecule has 1 aliphatic heterocycles. The van der Waals surface area contributed by atoms with Gasteiger partial charge in [0.25, 0.3) is 5.78 Å². The minimum absolute atomic E-state index is 0.184. The summed E-state index contributed by atoms with van der Waals surface area (Å²) in [4.78, 5) is 22.4. The van der Waals surface area contributed by atoms with Gasteiger partial charge < -0.3 is 0 Å². The minimum Gasteiger partial charge on any atom is -0.283 e. The second-order valence-corrected chi connectivity index (χ2v) is 3.29. The largest absolute Gasteiger partial charge is 0.314 e. The van der Waals surface area contributed by atoms with Crippen LogP contribution in [-0.2, 0) is 4.79 Å². The molecule has 0 aliphatic carbocycles. The average Bonchev–Trinajstić information content (AvgIpc) is 2.33. The summed E-state index contributed by atoms with van der Waals surface area (Å²) in [6.45, 7) is 0. The van der Waals surface area contributed by atoms with Gasteiger partial charge in [-0.15, -0.1) is 0 Å². The maximum absolute atomic E-state index is 11.3. The Morgan fingerprint density at radius 3 is 2.54 bits per heavy atom. The topological polar surface area (TPSA) is 37.4 Å². The van der Waals surface area contributed by atoms with Crippen molar-refractivity contribution in [2.45, 2.75) is 0 Å². The number of anilines is 1. The molecule has 5 heteroatoms. The third kappa shape index (κ3) is 1.04. The highest BCUT2D eigenvalue weighted by molar-refractivity contribution is 6.63. The van der Waals surface area contributed by atoms with Gasteiger partial charge in [-0.3, -0.25) is 9.59 Å². The summed E-state index contributed by atoms with van der Waals surface area (Å²) in [5.41, 5.74) is 0.535. The van der Waals surface area contributed by atoms with Crippen molar-refractivity contribution < 1.29 is 9.59 Å². The van der Waals surface area contributed by atoms with E-state index in [1.54, 1.807) is 18.2 Å².